The van der Waals surface area contributed by atoms with Gasteiger partial charge in [-0.25, -0.2) is 0 Å². The highest BCUT2D eigenvalue weighted by Crippen LogP contribution is 1.94. The normalized spacial score (nSPS) is 10.4. The maximum Gasteiger partial charge on any atom is 0.288 e. The van der Waals surface area contributed by atoms with E-state index >= 15 is 0 Å². The van der Waals surface area contributed by atoms with Crippen LogP contribution in [0.25, 0.3) is 0 Å². The molecule has 0 saturated carbocycles. The maximum absolute atomic E-state index is 11.5. The minimum Gasteiger partial charge on any atom is -0.366 e. The van der Waals surface area contributed by atoms with E-state index in [1.54, 1.807) is 10.9 Å². The van der Waals surface area contributed by atoms with Crippen molar-refractivity contribution < 1.29 is 4.79 Å². The zero-order valence-corrected chi connectivity index (χ0v) is 9.34. The number of nitrogens with zero attached hydrogens (tertiary/aromatic N) is 4. The van der Waals surface area contributed by atoms with Crippen LogP contribution in [0.4, 0.5) is 5.95 Å². The van der Waals surface area contributed by atoms with Gasteiger partial charge in [-0.05, 0) is 12.5 Å². The van der Waals surface area contributed by atoms with E-state index in [1.807, 2.05) is 13.1 Å². The largest absolute Gasteiger partial charge is 0.366 e. The molecule has 0 saturated heterocycles. The Labute approximate surface area is 97.2 Å². The van der Waals surface area contributed by atoms with E-state index in [4.69, 9.17) is 5.73 Å². The quantitative estimate of drug-likeness (QED) is 0.649. The zero-order valence-electron chi connectivity index (χ0n) is 9.34. The van der Waals surface area contributed by atoms with Crippen molar-refractivity contribution in [2.24, 2.45) is 0 Å². The van der Waals surface area contributed by atoms with E-state index in [1.165, 1.54) is 0 Å². The summed E-state index contributed by atoms with van der Waals surface area (Å²) in [6, 6.07) is 0. The SMILES string of the molecule is Cc1cnn(CCNC(=O)c2nc(N)n[nH]2)c1. The standard InChI is InChI=1S/C9H13N7O/c1-6-4-12-16(5-6)3-2-11-8(17)7-13-9(10)15-14-7/h4-5H,2-3H2,1H3,(H,11,17)(H3,10,13,14,15). The second-order valence-electron chi connectivity index (χ2n) is 3.58. The summed E-state index contributed by atoms with van der Waals surface area (Å²) < 4.78 is 1.75. The Balaban J connectivity index is 1.81. The number of rotatable bonds is 4. The lowest BCUT2D eigenvalue weighted by atomic mass is 10.4. The van der Waals surface area contributed by atoms with E-state index in [0.717, 1.165) is 5.56 Å². The number of aromatic amines is 1. The van der Waals surface area contributed by atoms with Crippen molar-refractivity contribution in [3.63, 3.8) is 0 Å². The number of H-pyrrole nitrogens is 1. The molecule has 1 amide bonds. The minimum absolute atomic E-state index is 0.0536. The van der Waals surface area contributed by atoms with Crippen molar-refractivity contribution in [2.75, 3.05) is 12.3 Å². The van der Waals surface area contributed by atoms with Gasteiger partial charge in [-0.1, -0.05) is 0 Å². The molecule has 0 spiro atoms. The highest BCUT2D eigenvalue weighted by Gasteiger charge is 2.09. The third kappa shape index (κ3) is 2.80. The van der Waals surface area contributed by atoms with Crippen LogP contribution in [-0.2, 0) is 6.54 Å². The maximum atomic E-state index is 11.5. The topological polar surface area (TPSA) is 115 Å². The molecular formula is C9H13N7O. The third-order valence-corrected chi connectivity index (χ3v) is 2.11. The van der Waals surface area contributed by atoms with Gasteiger partial charge in [0.05, 0.1) is 12.7 Å². The fourth-order valence-corrected chi connectivity index (χ4v) is 1.33. The molecule has 4 N–H and O–H groups in total. The predicted molar refractivity (Wildman–Crippen MR) is 60.1 cm³/mol. The number of carbonyl (C=O) groups is 1. The molecule has 0 aromatic carbocycles. The van der Waals surface area contributed by atoms with Crippen molar-refractivity contribution in [2.45, 2.75) is 13.5 Å². The fourth-order valence-electron chi connectivity index (χ4n) is 1.33. The van der Waals surface area contributed by atoms with Gasteiger partial charge in [-0.2, -0.15) is 10.1 Å². The van der Waals surface area contributed by atoms with Gasteiger partial charge in [-0.15, -0.1) is 5.10 Å². The first-order valence-electron chi connectivity index (χ1n) is 5.10. The lowest BCUT2D eigenvalue weighted by Gasteiger charge is -2.02. The second kappa shape index (κ2) is 4.64. The number of hydrogen-bond acceptors (Lipinski definition) is 5. The van der Waals surface area contributed by atoms with E-state index < -0.39 is 0 Å². The molecule has 2 rings (SSSR count). The molecule has 0 aliphatic heterocycles. The molecule has 2 heterocycles. The monoisotopic (exact) mass is 235 g/mol. The highest BCUT2D eigenvalue weighted by molar-refractivity contribution is 5.90. The van der Waals surface area contributed by atoms with Gasteiger partial charge in [0.25, 0.3) is 5.91 Å². The number of aromatic nitrogens is 5. The van der Waals surface area contributed by atoms with Crippen LogP contribution in [0.1, 0.15) is 16.2 Å². The highest BCUT2D eigenvalue weighted by atomic mass is 16.2. The van der Waals surface area contributed by atoms with Crippen molar-refractivity contribution >= 4 is 11.9 Å². The number of nitrogens with two attached hydrogens (primary N) is 1. The van der Waals surface area contributed by atoms with E-state index in [9.17, 15) is 4.79 Å². The molecule has 0 unspecified atom stereocenters. The molecule has 2 aromatic heterocycles. The van der Waals surface area contributed by atoms with Gasteiger partial charge >= 0.3 is 0 Å². The van der Waals surface area contributed by atoms with Gasteiger partial charge in [-0.3, -0.25) is 14.6 Å². The Morgan fingerprint density at radius 3 is 3.06 bits per heavy atom. The summed E-state index contributed by atoms with van der Waals surface area (Å²) >= 11 is 0. The van der Waals surface area contributed by atoms with Crippen LogP contribution in [0, 0.1) is 6.92 Å². The number of anilines is 1. The molecule has 0 radical (unpaired) electrons. The summed E-state index contributed by atoms with van der Waals surface area (Å²) in [4.78, 5) is 15.2. The van der Waals surface area contributed by atoms with Crippen LogP contribution in [0.3, 0.4) is 0 Å². The zero-order chi connectivity index (χ0) is 12.3. The smallest absolute Gasteiger partial charge is 0.288 e. The molecule has 0 aliphatic rings. The summed E-state index contributed by atoms with van der Waals surface area (Å²) in [5.41, 5.74) is 6.37. The van der Waals surface area contributed by atoms with E-state index in [0.29, 0.717) is 13.1 Å². The van der Waals surface area contributed by atoms with Gasteiger partial charge < -0.3 is 11.1 Å². The van der Waals surface area contributed by atoms with Crippen LogP contribution < -0.4 is 11.1 Å². The first-order valence-corrected chi connectivity index (χ1v) is 5.10. The van der Waals surface area contributed by atoms with Crippen molar-refractivity contribution in [1.29, 1.82) is 0 Å². The average molecular weight is 235 g/mol. The van der Waals surface area contributed by atoms with Crippen molar-refractivity contribution in [1.82, 2.24) is 30.3 Å². The van der Waals surface area contributed by atoms with Crippen LogP contribution in [-0.4, -0.2) is 37.4 Å². The minimum atomic E-state index is -0.335. The lowest BCUT2D eigenvalue weighted by Crippen LogP contribution is -2.28. The molecule has 17 heavy (non-hydrogen) atoms. The van der Waals surface area contributed by atoms with Crippen LogP contribution >= 0.6 is 0 Å². The first kappa shape index (κ1) is 11.1. The molecule has 2 aromatic rings. The van der Waals surface area contributed by atoms with Gasteiger partial charge in [0, 0.05) is 12.7 Å². The second-order valence-corrected chi connectivity index (χ2v) is 3.58. The van der Waals surface area contributed by atoms with Crippen LogP contribution in [0.5, 0.6) is 0 Å². The summed E-state index contributed by atoms with van der Waals surface area (Å²) in [5.74, 6) is -0.171. The summed E-state index contributed by atoms with van der Waals surface area (Å²) in [7, 11) is 0. The van der Waals surface area contributed by atoms with Crippen LogP contribution in [0.15, 0.2) is 12.4 Å². The predicted octanol–water partition coefficient (Wildman–Crippen LogP) is -0.678. The van der Waals surface area contributed by atoms with Gasteiger partial charge in [0.2, 0.25) is 11.8 Å². The average Bonchev–Trinajstić information content (AvgIpc) is 2.88. The fraction of sp³-hybridized carbons (Fsp3) is 0.333. The van der Waals surface area contributed by atoms with E-state index in [-0.39, 0.29) is 17.7 Å². The molecule has 0 bridgehead atoms. The number of nitrogen functional groups attached to an aromatic ring is 1. The van der Waals surface area contributed by atoms with E-state index in [2.05, 4.69) is 25.6 Å². The summed E-state index contributed by atoms with van der Waals surface area (Å²) in [5, 5.41) is 12.8. The Morgan fingerprint density at radius 1 is 1.65 bits per heavy atom. The molecular weight excluding hydrogens is 222 g/mol. The molecule has 8 nitrogen and oxygen atoms in total. The summed E-state index contributed by atoms with van der Waals surface area (Å²) in [6.07, 6.45) is 3.66. The molecule has 8 heteroatoms. The number of amides is 1. The Morgan fingerprint density at radius 2 is 2.47 bits per heavy atom. The van der Waals surface area contributed by atoms with Crippen molar-refractivity contribution in [3.05, 3.63) is 23.8 Å². The molecule has 0 fully saturated rings. The third-order valence-electron chi connectivity index (χ3n) is 2.11. The van der Waals surface area contributed by atoms with Gasteiger partial charge in [0.15, 0.2) is 0 Å². The van der Waals surface area contributed by atoms with Crippen molar-refractivity contribution in [3.8, 4) is 0 Å². The molecule has 0 aliphatic carbocycles. The Hall–Kier alpha value is -2.38. The number of nitrogens with one attached hydrogen (secondary N) is 2. The number of hydrogen-bond donors (Lipinski definition) is 3. The molecule has 90 valence electrons. The number of aryl methyl sites for hydroxylation is 1. The first-order chi connectivity index (χ1) is 8.15. The molecule has 0 atom stereocenters. The Kier molecular flexibility index (Phi) is 3.03. The summed E-state index contributed by atoms with van der Waals surface area (Å²) in [6.45, 7) is 3.02. The van der Waals surface area contributed by atoms with Gasteiger partial charge in [0.1, 0.15) is 0 Å². The lowest BCUT2D eigenvalue weighted by molar-refractivity contribution is 0.0942. The number of carbonyl (C=O) groups excluding carboxylic acids is 1. The Bertz CT molecular complexity index is 515. The van der Waals surface area contributed by atoms with Crippen LogP contribution in [0.2, 0.25) is 0 Å².